The average Bonchev–Trinajstić information content (AvgIpc) is 2.80. The van der Waals surface area contributed by atoms with Gasteiger partial charge in [-0.3, -0.25) is 4.79 Å². The van der Waals surface area contributed by atoms with Gasteiger partial charge in [-0.15, -0.1) is 12.4 Å². The summed E-state index contributed by atoms with van der Waals surface area (Å²) in [7, 11) is -0.449. The summed E-state index contributed by atoms with van der Waals surface area (Å²) in [5, 5.41) is 5.57. The molecule has 0 aliphatic carbocycles. The van der Waals surface area contributed by atoms with Crippen molar-refractivity contribution in [3.63, 3.8) is 0 Å². The third-order valence-corrected chi connectivity index (χ3v) is 4.20. The fraction of sp³-hybridized carbons (Fsp3) is 0.583. The van der Waals surface area contributed by atoms with E-state index >= 15 is 0 Å². The number of hydrogen-bond acceptors (Lipinski definition) is 4. The van der Waals surface area contributed by atoms with Crippen molar-refractivity contribution in [2.45, 2.75) is 18.2 Å². The first-order valence-corrected chi connectivity index (χ1v) is 7.99. The zero-order chi connectivity index (χ0) is 15.2. The van der Waals surface area contributed by atoms with Gasteiger partial charge in [0.15, 0.2) is 0 Å². The van der Waals surface area contributed by atoms with Gasteiger partial charge in [0.1, 0.15) is 10.6 Å². The number of hydrogen-bond donors (Lipinski definition) is 3. The number of carbonyl (C=O) groups excluding carboxylic acids is 1. The maximum atomic E-state index is 12.1. The Bertz CT molecular complexity index is 557. The molecule has 7 nitrogen and oxygen atoms in total. The lowest BCUT2D eigenvalue weighted by atomic mass is 10.4. The number of nitrogens with zero attached hydrogens (tertiary/aromatic N) is 1. The van der Waals surface area contributed by atoms with Crippen LogP contribution in [0, 0.1) is 0 Å². The van der Waals surface area contributed by atoms with Crippen molar-refractivity contribution in [3.05, 3.63) is 18.0 Å². The van der Waals surface area contributed by atoms with E-state index < -0.39 is 10.0 Å². The van der Waals surface area contributed by atoms with E-state index in [1.807, 2.05) is 6.92 Å². The monoisotopic (exact) mass is 338 g/mol. The maximum Gasteiger partial charge on any atom is 0.267 e. The molecular formula is C12H23ClN4O3S. The molecule has 1 amide bonds. The summed E-state index contributed by atoms with van der Waals surface area (Å²) in [5.74, 6) is -0.321. The van der Waals surface area contributed by atoms with Crippen molar-refractivity contribution < 1.29 is 13.2 Å². The SMILES string of the molecule is CCCNCCNS(=O)(=O)c1cc(C(=O)NC)n(C)c1.Cl. The minimum absolute atomic E-state index is 0. The topological polar surface area (TPSA) is 92.2 Å². The Morgan fingerprint density at radius 1 is 1.29 bits per heavy atom. The molecule has 0 radical (unpaired) electrons. The first kappa shape index (κ1) is 19.9. The predicted molar refractivity (Wildman–Crippen MR) is 84.4 cm³/mol. The molecule has 9 heteroatoms. The van der Waals surface area contributed by atoms with Crippen LogP contribution in [0.15, 0.2) is 17.2 Å². The highest BCUT2D eigenvalue weighted by Gasteiger charge is 2.19. The van der Waals surface area contributed by atoms with Crippen LogP contribution in [0.25, 0.3) is 0 Å². The fourth-order valence-electron chi connectivity index (χ4n) is 1.69. The Balaban J connectivity index is 0.00000400. The van der Waals surface area contributed by atoms with E-state index in [4.69, 9.17) is 0 Å². The van der Waals surface area contributed by atoms with Crippen molar-refractivity contribution >= 4 is 28.3 Å². The second-order valence-corrected chi connectivity index (χ2v) is 6.17. The molecule has 1 rings (SSSR count). The van der Waals surface area contributed by atoms with Crippen molar-refractivity contribution in [2.24, 2.45) is 7.05 Å². The van der Waals surface area contributed by atoms with Gasteiger partial charge in [-0.2, -0.15) is 0 Å². The van der Waals surface area contributed by atoms with Crippen molar-refractivity contribution in [1.29, 1.82) is 0 Å². The standard InChI is InChI=1S/C12H22N4O3S.ClH/c1-4-5-14-6-7-15-20(18,19)10-8-11(12(17)13-2)16(3)9-10;/h8-9,14-15H,4-7H2,1-3H3,(H,13,17);1H. The third-order valence-electron chi connectivity index (χ3n) is 2.77. The summed E-state index contributed by atoms with van der Waals surface area (Å²) in [6.45, 7) is 3.78. The number of aromatic nitrogens is 1. The molecule has 0 saturated heterocycles. The third kappa shape index (κ3) is 5.66. The van der Waals surface area contributed by atoms with E-state index in [-0.39, 0.29) is 23.2 Å². The summed E-state index contributed by atoms with van der Waals surface area (Å²) < 4.78 is 28.1. The normalized spacial score (nSPS) is 11.0. The van der Waals surface area contributed by atoms with Crippen LogP contribution in [0.4, 0.5) is 0 Å². The number of amides is 1. The molecule has 0 spiro atoms. The molecule has 0 unspecified atom stereocenters. The number of nitrogens with one attached hydrogen (secondary N) is 3. The van der Waals surface area contributed by atoms with E-state index in [0.29, 0.717) is 18.8 Å². The van der Waals surface area contributed by atoms with Gasteiger partial charge in [-0.1, -0.05) is 6.92 Å². The van der Waals surface area contributed by atoms with E-state index in [0.717, 1.165) is 13.0 Å². The number of sulfonamides is 1. The molecule has 0 aromatic carbocycles. The van der Waals surface area contributed by atoms with E-state index in [1.165, 1.54) is 23.9 Å². The van der Waals surface area contributed by atoms with Crippen molar-refractivity contribution in [1.82, 2.24) is 19.9 Å². The first-order valence-electron chi connectivity index (χ1n) is 6.51. The summed E-state index contributed by atoms with van der Waals surface area (Å²) in [4.78, 5) is 11.6. The molecule has 1 aromatic rings. The Morgan fingerprint density at radius 2 is 1.95 bits per heavy atom. The number of carbonyl (C=O) groups is 1. The molecule has 0 aliphatic rings. The van der Waals surface area contributed by atoms with Gasteiger partial charge in [0.25, 0.3) is 5.91 Å². The van der Waals surface area contributed by atoms with Crippen molar-refractivity contribution in [3.8, 4) is 0 Å². The van der Waals surface area contributed by atoms with E-state index in [2.05, 4.69) is 15.4 Å². The van der Waals surface area contributed by atoms with Crippen LogP contribution >= 0.6 is 12.4 Å². The van der Waals surface area contributed by atoms with Crippen LogP contribution in [0.5, 0.6) is 0 Å². The quantitative estimate of drug-likeness (QED) is 0.585. The van der Waals surface area contributed by atoms with Crippen LogP contribution < -0.4 is 15.4 Å². The van der Waals surface area contributed by atoms with Crippen LogP contribution in [0.3, 0.4) is 0 Å². The highest BCUT2D eigenvalue weighted by atomic mass is 35.5. The van der Waals surface area contributed by atoms with Crippen molar-refractivity contribution in [2.75, 3.05) is 26.7 Å². The van der Waals surface area contributed by atoms with Gasteiger partial charge in [-0.05, 0) is 19.0 Å². The fourth-order valence-corrected chi connectivity index (χ4v) is 2.80. The second-order valence-electron chi connectivity index (χ2n) is 4.40. The Hall–Kier alpha value is -1.09. The molecule has 0 aliphatic heterocycles. The molecule has 3 N–H and O–H groups in total. The van der Waals surface area contributed by atoms with Gasteiger partial charge < -0.3 is 15.2 Å². The highest BCUT2D eigenvalue weighted by Crippen LogP contribution is 2.13. The molecule has 0 bridgehead atoms. The molecule has 1 heterocycles. The number of halogens is 1. The van der Waals surface area contributed by atoms with Gasteiger partial charge in [0.2, 0.25) is 10.0 Å². The van der Waals surface area contributed by atoms with Crippen LogP contribution in [0.2, 0.25) is 0 Å². The largest absolute Gasteiger partial charge is 0.354 e. The minimum Gasteiger partial charge on any atom is -0.354 e. The lowest BCUT2D eigenvalue weighted by molar-refractivity contribution is 0.0955. The highest BCUT2D eigenvalue weighted by molar-refractivity contribution is 7.89. The summed E-state index contributed by atoms with van der Waals surface area (Å²) >= 11 is 0. The van der Waals surface area contributed by atoms with Crippen LogP contribution in [-0.4, -0.2) is 45.6 Å². The van der Waals surface area contributed by atoms with Gasteiger partial charge >= 0.3 is 0 Å². The molecule has 21 heavy (non-hydrogen) atoms. The lowest BCUT2D eigenvalue weighted by Crippen LogP contribution is -2.32. The molecule has 0 atom stereocenters. The smallest absolute Gasteiger partial charge is 0.267 e. The van der Waals surface area contributed by atoms with Gasteiger partial charge in [-0.25, -0.2) is 13.1 Å². The first-order chi connectivity index (χ1) is 9.42. The molecule has 0 fully saturated rings. The molecular weight excluding hydrogens is 316 g/mol. The maximum absolute atomic E-state index is 12.1. The zero-order valence-electron chi connectivity index (χ0n) is 12.5. The lowest BCUT2D eigenvalue weighted by Gasteiger charge is -2.05. The van der Waals surface area contributed by atoms with Crippen LogP contribution in [-0.2, 0) is 17.1 Å². The zero-order valence-corrected chi connectivity index (χ0v) is 14.1. The summed E-state index contributed by atoms with van der Waals surface area (Å²) in [5.41, 5.74) is 0.303. The second kappa shape index (κ2) is 9.04. The van der Waals surface area contributed by atoms with Crippen LogP contribution in [0.1, 0.15) is 23.8 Å². The van der Waals surface area contributed by atoms with Gasteiger partial charge in [0.05, 0.1) is 0 Å². The predicted octanol–water partition coefficient (Wildman–Crippen LogP) is 0.0844. The van der Waals surface area contributed by atoms with E-state index in [1.54, 1.807) is 7.05 Å². The molecule has 1 aromatic heterocycles. The van der Waals surface area contributed by atoms with E-state index in [9.17, 15) is 13.2 Å². The number of rotatable bonds is 8. The summed E-state index contributed by atoms with van der Waals surface area (Å²) in [6, 6.07) is 1.36. The molecule has 0 saturated carbocycles. The molecule has 122 valence electrons. The average molecular weight is 339 g/mol. The minimum atomic E-state index is -3.58. The summed E-state index contributed by atoms with van der Waals surface area (Å²) in [6.07, 6.45) is 2.42. The number of aryl methyl sites for hydroxylation is 1. The Morgan fingerprint density at radius 3 is 2.52 bits per heavy atom. The Labute approximate surface area is 131 Å². The Kier molecular flexibility index (Phi) is 8.57. The van der Waals surface area contributed by atoms with Gasteiger partial charge in [0, 0.05) is 33.4 Å².